The molecule has 0 aliphatic carbocycles. The molecule has 0 aliphatic rings. The molecule has 90 valence electrons. The number of hydrogen-bond donors (Lipinski definition) is 1. The lowest BCUT2D eigenvalue weighted by Gasteiger charge is -2.05. The summed E-state index contributed by atoms with van der Waals surface area (Å²) in [5, 5.41) is 8.67. The minimum absolute atomic E-state index is 0.199. The topological polar surface area (TPSA) is 37.3 Å². The number of carboxylic acid groups (broad SMARTS) is 1. The zero-order valence-electron chi connectivity index (χ0n) is 10.00. The molecular weight excluding hydrogens is 208 g/mol. The lowest BCUT2D eigenvalue weighted by molar-refractivity contribution is -0.140. The monoisotopic (exact) mass is 232 g/mol. The van der Waals surface area contributed by atoms with Crippen molar-refractivity contribution in [2.45, 2.75) is 52.4 Å². The first-order chi connectivity index (χ1) is 7.18. The van der Waals surface area contributed by atoms with Gasteiger partial charge in [0.2, 0.25) is 0 Å². The Morgan fingerprint density at radius 1 is 1.20 bits per heavy atom. The van der Waals surface area contributed by atoms with Gasteiger partial charge in [-0.2, -0.15) is 11.8 Å². The van der Waals surface area contributed by atoms with Gasteiger partial charge in [0, 0.05) is 5.75 Å². The smallest absolute Gasteiger partial charge is 0.307 e. The average Bonchev–Trinajstić information content (AvgIpc) is 2.21. The molecule has 2 nitrogen and oxygen atoms in total. The van der Waals surface area contributed by atoms with Crippen LogP contribution in [0, 0.1) is 5.92 Å². The highest BCUT2D eigenvalue weighted by molar-refractivity contribution is 7.99. The maximum Gasteiger partial charge on any atom is 0.307 e. The van der Waals surface area contributed by atoms with Crippen molar-refractivity contribution >= 4 is 17.7 Å². The van der Waals surface area contributed by atoms with E-state index in [1.807, 2.05) is 0 Å². The van der Waals surface area contributed by atoms with Gasteiger partial charge in [-0.15, -0.1) is 0 Å². The molecule has 0 radical (unpaired) electrons. The molecule has 0 aromatic carbocycles. The summed E-state index contributed by atoms with van der Waals surface area (Å²) in [5.41, 5.74) is 0. The van der Waals surface area contributed by atoms with Gasteiger partial charge < -0.3 is 5.11 Å². The van der Waals surface area contributed by atoms with Crippen molar-refractivity contribution in [2.75, 3.05) is 11.5 Å². The van der Waals surface area contributed by atoms with Gasteiger partial charge in [-0.05, 0) is 12.2 Å². The number of hydrogen-bond acceptors (Lipinski definition) is 2. The van der Waals surface area contributed by atoms with E-state index in [0.29, 0.717) is 0 Å². The fraction of sp³-hybridized carbons (Fsp3) is 0.917. The van der Waals surface area contributed by atoms with Crippen molar-refractivity contribution in [2.24, 2.45) is 5.92 Å². The third-order valence-corrected chi connectivity index (χ3v) is 3.74. The summed E-state index contributed by atoms with van der Waals surface area (Å²) in [5.74, 6) is 0.995. The maximum absolute atomic E-state index is 10.5. The number of aliphatic carboxylic acids is 1. The van der Waals surface area contributed by atoms with Crippen molar-refractivity contribution in [3.8, 4) is 0 Å². The lowest BCUT2D eigenvalue weighted by atomic mass is 10.1. The molecule has 1 N–H and O–H groups in total. The highest BCUT2D eigenvalue weighted by Crippen LogP contribution is 2.12. The summed E-state index contributed by atoms with van der Waals surface area (Å²) in [6.07, 6.45) is 7.87. The fourth-order valence-corrected chi connectivity index (χ4v) is 2.39. The molecule has 1 unspecified atom stereocenters. The van der Waals surface area contributed by atoms with Crippen molar-refractivity contribution < 1.29 is 9.90 Å². The Balaban J connectivity index is 3.08. The van der Waals surface area contributed by atoms with Gasteiger partial charge in [0.15, 0.2) is 0 Å². The summed E-state index contributed by atoms with van der Waals surface area (Å²) >= 11 is 1.77. The standard InChI is InChI=1S/C12H24O2S/c1-3-4-5-6-7-8-9-15-10-11(2)12(13)14/h11H,3-10H2,1-2H3,(H,13,14). The van der Waals surface area contributed by atoms with Gasteiger partial charge in [-0.1, -0.05) is 46.0 Å². The van der Waals surface area contributed by atoms with Crippen LogP contribution in [-0.4, -0.2) is 22.6 Å². The van der Waals surface area contributed by atoms with Gasteiger partial charge in [0.05, 0.1) is 5.92 Å². The number of rotatable bonds is 10. The molecule has 0 aromatic rings. The van der Waals surface area contributed by atoms with E-state index in [1.165, 1.54) is 38.5 Å². The normalized spacial score (nSPS) is 12.7. The van der Waals surface area contributed by atoms with E-state index in [0.717, 1.165) is 11.5 Å². The lowest BCUT2D eigenvalue weighted by Crippen LogP contribution is -2.11. The Kier molecular flexibility index (Phi) is 10.2. The van der Waals surface area contributed by atoms with Crippen LogP contribution in [0.15, 0.2) is 0 Å². The maximum atomic E-state index is 10.5. The molecule has 0 saturated heterocycles. The Morgan fingerprint density at radius 3 is 2.40 bits per heavy atom. The van der Waals surface area contributed by atoms with E-state index >= 15 is 0 Å². The molecule has 0 spiro atoms. The first-order valence-corrected chi connectivity index (χ1v) is 7.14. The van der Waals surface area contributed by atoms with Gasteiger partial charge in [0.25, 0.3) is 0 Å². The van der Waals surface area contributed by atoms with Gasteiger partial charge in [-0.25, -0.2) is 0 Å². The number of carbonyl (C=O) groups is 1. The summed E-state index contributed by atoms with van der Waals surface area (Å²) in [6, 6.07) is 0. The van der Waals surface area contributed by atoms with Crippen LogP contribution >= 0.6 is 11.8 Å². The number of thioether (sulfide) groups is 1. The highest BCUT2D eigenvalue weighted by Gasteiger charge is 2.09. The molecular formula is C12H24O2S. The van der Waals surface area contributed by atoms with Crippen LogP contribution < -0.4 is 0 Å². The largest absolute Gasteiger partial charge is 0.481 e. The summed E-state index contributed by atoms with van der Waals surface area (Å²) in [4.78, 5) is 10.5. The molecule has 0 amide bonds. The van der Waals surface area contributed by atoms with E-state index in [1.54, 1.807) is 18.7 Å². The van der Waals surface area contributed by atoms with Crippen LogP contribution in [0.4, 0.5) is 0 Å². The first-order valence-electron chi connectivity index (χ1n) is 5.99. The van der Waals surface area contributed by atoms with Crippen molar-refractivity contribution in [1.29, 1.82) is 0 Å². The molecule has 1 atom stereocenters. The third-order valence-electron chi connectivity index (χ3n) is 2.43. The van der Waals surface area contributed by atoms with Crippen LogP contribution in [0.1, 0.15) is 52.4 Å². The second-order valence-corrected chi connectivity index (χ2v) is 5.23. The minimum Gasteiger partial charge on any atom is -0.481 e. The van der Waals surface area contributed by atoms with Crippen LogP contribution in [-0.2, 0) is 4.79 Å². The average molecular weight is 232 g/mol. The molecule has 0 bridgehead atoms. The number of unbranched alkanes of at least 4 members (excludes halogenated alkanes) is 5. The van der Waals surface area contributed by atoms with Crippen molar-refractivity contribution in [3.63, 3.8) is 0 Å². The molecule has 0 heterocycles. The molecule has 0 fully saturated rings. The van der Waals surface area contributed by atoms with Crippen LogP contribution in [0.3, 0.4) is 0 Å². The summed E-state index contributed by atoms with van der Waals surface area (Å²) < 4.78 is 0. The molecule has 0 aromatic heterocycles. The van der Waals surface area contributed by atoms with Crippen LogP contribution in [0.2, 0.25) is 0 Å². The second kappa shape index (κ2) is 10.3. The van der Waals surface area contributed by atoms with Gasteiger partial charge >= 0.3 is 5.97 Å². The molecule has 0 rings (SSSR count). The van der Waals surface area contributed by atoms with E-state index in [2.05, 4.69) is 6.92 Å². The SMILES string of the molecule is CCCCCCCCSCC(C)C(=O)O. The zero-order chi connectivity index (χ0) is 11.5. The van der Waals surface area contributed by atoms with E-state index < -0.39 is 5.97 Å². The van der Waals surface area contributed by atoms with E-state index in [-0.39, 0.29) is 5.92 Å². The molecule has 0 saturated carbocycles. The molecule has 0 aliphatic heterocycles. The Morgan fingerprint density at radius 2 is 1.80 bits per heavy atom. The second-order valence-electron chi connectivity index (χ2n) is 4.08. The third kappa shape index (κ3) is 10.1. The minimum atomic E-state index is -0.676. The first kappa shape index (κ1) is 14.8. The predicted molar refractivity (Wildman–Crippen MR) is 67.5 cm³/mol. The molecule has 3 heteroatoms. The van der Waals surface area contributed by atoms with Crippen molar-refractivity contribution in [3.05, 3.63) is 0 Å². The van der Waals surface area contributed by atoms with Crippen molar-refractivity contribution in [1.82, 2.24) is 0 Å². The quantitative estimate of drug-likeness (QED) is 0.582. The Labute approximate surface area is 97.8 Å². The number of carboxylic acids is 1. The fourth-order valence-electron chi connectivity index (χ4n) is 1.32. The predicted octanol–water partition coefficient (Wildman–Crippen LogP) is 3.80. The van der Waals surface area contributed by atoms with Gasteiger partial charge in [0.1, 0.15) is 0 Å². The van der Waals surface area contributed by atoms with E-state index in [9.17, 15) is 4.79 Å². The Bertz CT molecular complexity index is 160. The highest BCUT2D eigenvalue weighted by atomic mass is 32.2. The molecule has 15 heavy (non-hydrogen) atoms. The van der Waals surface area contributed by atoms with Crippen LogP contribution in [0.5, 0.6) is 0 Å². The van der Waals surface area contributed by atoms with Gasteiger partial charge in [-0.3, -0.25) is 4.79 Å². The summed E-state index contributed by atoms with van der Waals surface area (Å²) in [6.45, 7) is 4.00. The Hall–Kier alpha value is -0.180. The summed E-state index contributed by atoms with van der Waals surface area (Å²) in [7, 11) is 0. The van der Waals surface area contributed by atoms with Crippen LogP contribution in [0.25, 0.3) is 0 Å². The van der Waals surface area contributed by atoms with E-state index in [4.69, 9.17) is 5.11 Å². The zero-order valence-corrected chi connectivity index (χ0v) is 10.8.